The monoisotopic (exact) mass is 389 g/mol. The van der Waals surface area contributed by atoms with E-state index < -0.39 is 0 Å². The molecular weight excluding hydrogens is 362 g/mol. The van der Waals surface area contributed by atoms with Crippen LogP contribution >= 0.6 is 0 Å². The van der Waals surface area contributed by atoms with E-state index in [-0.39, 0.29) is 12.5 Å². The Bertz CT molecular complexity index is 1010. The molecule has 0 aromatic heterocycles. The molecule has 1 N–H and O–H groups in total. The van der Waals surface area contributed by atoms with Crippen molar-refractivity contribution in [2.75, 3.05) is 25.1 Å². The fourth-order valence-electron chi connectivity index (χ4n) is 4.29. The van der Waals surface area contributed by atoms with Gasteiger partial charge in [-0.05, 0) is 37.1 Å². The number of para-hydroxylation sites is 1. The summed E-state index contributed by atoms with van der Waals surface area (Å²) in [5.74, 6) is 2.31. The maximum absolute atomic E-state index is 9.96. The predicted molar refractivity (Wildman–Crippen MR) is 116 cm³/mol. The summed E-state index contributed by atoms with van der Waals surface area (Å²) < 4.78 is 12.3. The van der Waals surface area contributed by atoms with E-state index in [1.165, 1.54) is 0 Å². The second-order valence-corrected chi connectivity index (χ2v) is 7.14. The Morgan fingerprint density at radius 1 is 0.897 bits per heavy atom. The number of aliphatic hydroxyl groups excluding tert-OH is 1. The maximum Gasteiger partial charge on any atom is 0.185 e. The van der Waals surface area contributed by atoms with Crippen molar-refractivity contribution in [2.45, 2.75) is 26.4 Å². The Hall–Kier alpha value is -2.98. The Morgan fingerprint density at radius 2 is 1.59 bits per heavy atom. The van der Waals surface area contributed by atoms with Crippen molar-refractivity contribution in [1.29, 1.82) is 0 Å². The van der Waals surface area contributed by atoms with Crippen LogP contribution in [0.15, 0.2) is 60.7 Å². The number of ether oxygens (including phenoxy) is 2. The van der Waals surface area contributed by atoms with Gasteiger partial charge in [-0.3, -0.25) is 0 Å². The van der Waals surface area contributed by atoms with Crippen LogP contribution in [0.2, 0.25) is 0 Å². The van der Waals surface area contributed by atoms with E-state index in [2.05, 4.69) is 43.0 Å². The fourth-order valence-corrected chi connectivity index (χ4v) is 4.29. The van der Waals surface area contributed by atoms with Gasteiger partial charge < -0.3 is 19.5 Å². The minimum absolute atomic E-state index is 0.000301. The molecule has 0 amide bonds. The molecule has 1 aliphatic rings. The molecule has 4 nitrogen and oxygen atoms in total. The van der Waals surface area contributed by atoms with Gasteiger partial charge in [0.25, 0.3) is 0 Å². The van der Waals surface area contributed by atoms with E-state index in [4.69, 9.17) is 9.47 Å². The van der Waals surface area contributed by atoms with Gasteiger partial charge in [0.1, 0.15) is 5.75 Å². The van der Waals surface area contributed by atoms with Gasteiger partial charge in [0.05, 0.1) is 19.4 Å². The zero-order valence-corrected chi connectivity index (χ0v) is 17.2. The first-order chi connectivity index (χ1) is 14.2. The normalized spacial score (nSPS) is 14.6. The lowest BCUT2D eigenvalue weighted by Crippen LogP contribution is -2.23. The van der Waals surface area contributed by atoms with Crippen LogP contribution in [0.3, 0.4) is 0 Å². The Labute approximate surface area is 172 Å². The summed E-state index contributed by atoms with van der Waals surface area (Å²) in [5, 5.41) is 9.96. The fraction of sp³-hybridized carbons (Fsp3) is 0.280. The van der Waals surface area contributed by atoms with E-state index >= 15 is 0 Å². The van der Waals surface area contributed by atoms with Crippen molar-refractivity contribution < 1.29 is 14.6 Å². The van der Waals surface area contributed by atoms with E-state index in [1.807, 2.05) is 36.4 Å². The van der Waals surface area contributed by atoms with Crippen LogP contribution < -0.4 is 14.4 Å². The van der Waals surface area contributed by atoms with Crippen molar-refractivity contribution in [3.05, 3.63) is 82.9 Å². The highest BCUT2D eigenvalue weighted by Gasteiger charge is 2.33. The number of hydrogen-bond acceptors (Lipinski definition) is 4. The molecule has 3 aromatic carbocycles. The van der Waals surface area contributed by atoms with Crippen LogP contribution in [-0.2, 0) is 6.61 Å². The van der Waals surface area contributed by atoms with Crippen LogP contribution in [0.1, 0.15) is 42.0 Å². The standard InChI is InChI=1S/C25H27NO3/c1-4-26(5-2)21-15-14-20-23(18-11-7-6-10-17(18)16-27)19-12-8-9-13-22(19)29-24(20)25(21)28-3/h6-15,23,27H,4-5,16H2,1-3H3. The van der Waals surface area contributed by atoms with Crippen molar-refractivity contribution in [1.82, 2.24) is 0 Å². The summed E-state index contributed by atoms with van der Waals surface area (Å²) in [7, 11) is 1.70. The van der Waals surface area contributed by atoms with Gasteiger partial charge in [-0.2, -0.15) is 0 Å². The molecule has 3 aromatic rings. The second-order valence-electron chi connectivity index (χ2n) is 7.14. The average Bonchev–Trinajstić information content (AvgIpc) is 2.78. The molecule has 0 spiro atoms. The molecule has 29 heavy (non-hydrogen) atoms. The lowest BCUT2D eigenvalue weighted by Gasteiger charge is -2.33. The first-order valence-electron chi connectivity index (χ1n) is 10.1. The second kappa shape index (κ2) is 8.18. The minimum atomic E-state index is -0.0297. The minimum Gasteiger partial charge on any atom is -0.491 e. The maximum atomic E-state index is 9.96. The van der Waals surface area contributed by atoms with Crippen molar-refractivity contribution >= 4 is 5.69 Å². The average molecular weight is 389 g/mol. The first kappa shape index (κ1) is 19.3. The molecule has 1 unspecified atom stereocenters. The third kappa shape index (κ3) is 3.23. The third-order valence-electron chi connectivity index (χ3n) is 5.72. The van der Waals surface area contributed by atoms with E-state index in [9.17, 15) is 5.11 Å². The van der Waals surface area contributed by atoms with Crippen LogP contribution in [0.25, 0.3) is 0 Å². The Morgan fingerprint density at radius 3 is 2.28 bits per heavy atom. The van der Waals surface area contributed by atoms with Crippen molar-refractivity contribution in [3.8, 4) is 17.2 Å². The number of aliphatic hydroxyl groups is 1. The topological polar surface area (TPSA) is 41.9 Å². The molecule has 0 fully saturated rings. The molecule has 0 saturated heterocycles. The zero-order chi connectivity index (χ0) is 20.4. The van der Waals surface area contributed by atoms with Gasteiger partial charge in [0.2, 0.25) is 0 Å². The molecule has 0 saturated carbocycles. The summed E-state index contributed by atoms with van der Waals surface area (Å²) in [4.78, 5) is 2.26. The summed E-state index contributed by atoms with van der Waals surface area (Å²) >= 11 is 0. The lowest BCUT2D eigenvalue weighted by atomic mass is 9.80. The van der Waals surface area contributed by atoms with Crippen LogP contribution in [0, 0.1) is 0 Å². The Kier molecular flexibility index (Phi) is 5.45. The molecule has 0 radical (unpaired) electrons. The van der Waals surface area contributed by atoms with E-state index in [1.54, 1.807) is 7.11 Å². The quantitative estimate of drug-likeness (QED) is 0.485. The SMILES string of the molecule is CCN(CC)c1ccc2c(c1OC)Oc1ccccc1C2c1ccccc1CO. The van der Waals surface area contributed by atoms with Gasteiger partial charge in [-0.1, -0.05) is 48.5 Å². The van der Waals surface area contributed by atoms with Crippen LogP contribution in [0.4, 0.5) is 5.69 Å². The summed E-state index contributed by atoms with van der Waals surface area (Å²) in [6, 6.07) is 20.4. The number of rotatable bonds is 6. The van der Waals surface area contributed by atoms with Crippen molar-refractivity contribution in [3.63, 3.8) is 0 Å². The number of anilines is 1. The van der Waals surface area contributed by atoms with Crippen LogP contribution in [0.5, 0.6) is 17.2 Å². The molecular formula is C25H27NO3. The number of hydrogen-bond donors (Lipinski definition) is 1. The van der Waals surface area contributed by atoms with Gasteiger partial charge in [0, 0.05) is 30.1 Å². The molecule has 1 atom stereocenters. The summed E-state index contributed by atoms with van der Waals surface area (Å²) in [6.07, 6.45) is 0. The number of nitrogens with zero attached hydrogens (tertiary/aromatic N) is 1. The molecule has 0 aliphatic carbocycles. The lowest BCUT2D eigenvalue weighted by molar-refractivity contribution is 0.280. The van der Waals surface area contributed by atoms with Crippen molar-refractivity contribution in [2.24, 2.45) is 0 Å². The largest absolute Gasteiger partial charge is 0.491 e. The first-order valence-corrected chi connectivity index (χ1v) is 10.1. The molecule has 150 valence electrons. The highest BCUT2D eigenvalue weighted by atomic mass is 16.5. The number of benzene rings is 3. The molecule has 1 aliphatic heterocycles. The summed E-state index contributed by atoms with van der Waals surface area (Å²) in [6.45, 7) is 6.05. The smallest absolute Gasteiger partial charge is 0.185 e. The van der Waals surface area contributed by atoms with Gasteiger partial charge in [-0.15, -0.1) is 0 Å². The van der Waals surface area contributed by atoms with Gasteiger partial charge >= 0.3 is 0 Å². The predicted octanol–water partition coefficient (Wildman–Crippen LogP) is 5.32. The highest BCUT2D eigenvalue weighted by Crippen LogP contribution is 2.53. The van der Waals surface area contributed by atoms with E-state index in [0.717, 1.165) is 58.3 Å². The van der Waals surface area contributed by atoms with Gasteiger partial charge in [0.15, 0.2) is 11.5 Å². The number of fused-ring (bicyclic) bond motifs is 2. The Balaban J connectivity index is 1.98. The molecule has 0 bridgehead atoms. The summed E-state index contributed by atoms with van der Waals surface area (Å²) in [5.41, 5.74) is 5.19. The highest BCUT2D eigenvalue weighted by molar-refractivity contribution is 5.72. The van der Waals surface area contributed by atoms with Crippen LogP contribution in [-0.4, -0.2) is 25.3 Å². The van der Waals surface area contributed by atoms with E-state index in [0.29, 0.717) is 0 Å². The zero-order valence-electron chi connectivity index (χ0n) is 17.2. The molecule has 4 heteroatoms. The third-order valence-corrected chi connectivity index (χ3v) is 5.72. The molecule has 4 rings (SSSR count). The van der Waals surface area contributed by atoms with Gasteiger partial charge in [-0.25, -0.2) is 0 Å². The number of methoxy groups -OCH3 is 1. The molecule has 1 heterocycles.